The van der Waals surface area contributed by atoms with Crippen LogP contribution in [0.5, 0.6) is 0 Å². The minimum absolute atomic E-state index is 0.206. The van der Waals surface area contributed by atoms with Crippen LogP contribution in [0.15, 0.2) is 34.5 Å². The lowest BCUT2D eigenvalue weighted by Gasteiger charge is -2.14. The van der Waals surface area contributed by atoms with Crippen molar-refractivity contribution in [2.45, 2.75) is 0 Å². The average Bonchev–Trinajstić information content (AvgIpc) is 2.30. The van der Waals surface area contributed by atoms with Crippen molar-refractivity contribution in [3.05, 3.63) is 29.8 Å². The Morgan fingerprint density at radius 2 is 1.93 bits per heavy atom. The summed E-state index contributed by atoms with van der Waals surface area (Å²) >= 11 is 0. The number of hydrazone groups is 2. The lowest BCUT2D eigenvalue weighted by Crippen LogP contribution is -2.21. The molecule has 0 fully saturated rings. The van der Waals surface area contributed by atoms with E-state index in [4.69, 9.17) is 0 Å². The third kappa shape index (κ3) is 2.19. The zero-order valence-electron chi connectivity index (χ0n) is 8.47. The first-order valence-electron chi connectivity index (χ1n) is 4.29. The molecule has 78 valence electrons. The van der Waals surface area contributed by atoms with Gasteiger partial charge in [-0.2, -0.15) is 15.3 Å². The number of amides is 1. The van der Waals surface area contributed by atoms with Crippen molar-refractivity contribution in [1.29, 1.82) is 0 Å². The van der Waals surface area contributed by atoms with E-state index < -0.39 is 0 Å². The molecule has 5 heteroatoms. The number of benzene rings is 1. The summed E-state index contributed by atoms with van der Waals surface area (Å²) in [6, 6.07) is 6.94. The average molecular weight is 204 g/mol. The van der Waals surface area contributed by atoms with Crippen molar-refractivity contribution < 1.29 is 4.79 Å². The third-order valence-electron chi connectivity index (χ3n) is 1.86. The summed E-state index contributed by atoms with van der Waals surface area (Å²) in [6.45, 7) is 6.69. The number of rotatable bonds is 4. The van der Waals surface area contributed by atoms with Crippen LogP contribution in [0.1, 0.15) is 10.4 Å². The normalized spacial score (nSPS) is 9.13. The lowest BCUT2D eigenvalue weighted by atomic mass is 10.1. The van der Waals surface area contributed by atoms with Crippen LogP contribution in [0, 0.1) is 0 Å². The molecule has 1 aromatic carbocycles. The SMILES string of the molecule is C=NN(N=C)c1ccccc1C(=O)NC. The zero-order valence-corrected chi connectivity index (χ0v) is 8.47. The van der Waals surface area contributed by atoms with E-state index in [-0.39, 0.29) is 5.91 Å². The molecular weight excluding hydrogens is 192 g/mol. The van der Waals surface area contributed by atoms with Gasteiger partial charge in [-0.1, -0.05) is 12.1 Å². The first-order chi connectivity index (χ1) is 7.24. The Kier molecular flexibility index (Phi) is 3.56. The number of para-hydroxylation sites is 1. The Hall–Kier alpha value is -2.17. The predicted octanol–water partition coefficient (Wildman–Crippen LogP) is 1.08. The number of carbonyl (C=O) groups excluding carboxylic acids is 1. The minimum Gasteiger partial charge on any atom is -0.355 e. The van der Waals surface area contributed by atoms with Crippen LogP contribution in [0.25, 0.3) is 0 Å². The number of nitrogens with zero attached hydrogens (tertiary/aromatic N) is 3. The molecule has 0 aromatic heterocycles. The molecule has 0 radical (unpaired) electrons. The van der Waals surface area contributed by atoms with E-state index >= 15 is 0 Å². The van der Waals surface area contributed by atoms with E-state index in [1.165, 1.54) is 5.12 Å². The number of anilines is 1. The van der Waals surface area contributed by atoms with Crippen molar-refractivity contribution in [1.82, 2.24) is 5.32 Å². The first-order valence-corrected chi connectivity index (χ1v) is 4.29. The molecule has 0 atom stereocenters. The quantitative estimate of drug-likeness (QED) is 0.589. The van der Waals surface area contributed by atoms with Gasteiger partial charge >= 0.3 is 0 Å². The van der Waals surface area contributed by atoms with Crippen molar-refractivity contribution >= 4 is 25.0 Å². The van der Waals surface area contributed by atoms with E-state index in [0.29, 0.717) is 11.3 Å². The van der Waals surface area contributed by atoms with Gasteiger partial charge in [-0.15, -0.1) is 0 Å². The molecule has 0 aliphatic carbocycles. The molecule has 0 saturated carbocycles. The van der Waals surface area contributed by atoms with Gasteiger partial charge < -0.3 is 5.32 Å². The summed E-state index contributed by atoms with van der Waals surface area (Å²) in [4.78, 5) is 11.5. The number of hydrogen-bond acceptors (Lipinski definition) is 4. The highest BCUT2D eigenvalue weighted by atomic mass is 16.1. The van der Waals surface area contributed by atoms with Crippen LogP contribution in [-0.2, 0) is 0 Å². The maximum atomic E-state index is 11.5. The van der Waals surface area contributed by atoms with Crippen LogP contribution >= 0.6 is 0 Å². The van der Waals surface area contributed by atoms with Crippen LogP contribution in [0.2, 0.25) is 0 Å². The lowest BCUT2D eigenvalue weighted by molar-refractivity contribution is 0.0963. The van der Waals surface area contributed by atoms with Crippen LogP contribution in [0.3, 0.4) is 0 Å². The highest BCUT2D eigenvalue weighted by Gasteiger charge is 2.13. The standard InChI is InChI=1S/C10H12N4O/c1-11-10(15)8-6-4-5-7-9(8)14(12-2)13-3/h4-7H,2-3H2,1H3,(H,11,15). The van der Waals surface area contributed by atoms with E-state index in [2.05, 4.69) is 29.0 Å². The molecule has 0 saturated heterocycles. The fraction of sp³-hybridized carbons (Fsp3) is 0.100. The van der Waals surface area contributed by atoms with E-state index in [9.17, 15) is 4.79 Å². The van der Waals surface area contributed by atoms with Gasteiger partial charge in [0.1, 0.15) is 0 Å². The summed E-state index contributed by atoms with van der Waals surface area (Å²) in [6.07, 6.45) is 0. The fourth-order valence-corrected chi connectivity index (χ4v) is 1.17. The first kappa shape index (κ1) is 10.9. The second kappa shape index (κ2) is 4.90. The molecule has 5 nitrogen and oxygen atoms in total. The molecular formula is C10H12N4O. The fourth-order valence-electron chi connectivity index (χ4n) is 1.17. The zero-order chi connectivity index (χ0) is 11.3. The third-order valence-corrected chi connectivity index (χ3v) is 1.86. The predicted molar refractivity (Wildman–Crippen MR) is 61.4 cm³/mol. The molecule has 0 heterocycles. The van der Waals surface area contributed by atoms with Gasteiger partial charge in [0.15, 0.2) is 0 Å². The Morgan fingerprint density at radius 3 is 2.47 bits per heavy atom. The molecule has 1 rings (SSSR count). The summed E-state index contributed by atoms with van der Waals surface area (Å²) in [5, 5.41) is 11.0. The minimum atomic E-state index is -0.206. The summed E-state index contributed by atoms with van der Waals surface area (Å²) in [7, 11) is 1.56. The summed E-state index contributed by atoms with van der Waals surface area (Å²) < 4.78 is 0. The smallest absolute Gasteiger partial charge is 0.253 e. The molecule has 0 bridgehead atoms. The maximum absolute atomic E-state index is 11.5. The van der Waals surface area contributed by atoms with Gasteiger partial charge in [0.25, 0.3) is 5.91 Å². The van der Waals surface area contributed by atoms with E-state index in [1.807, 2.05) is 0 Å². The van der Waals surface area contributed by atoms with Crippen molar-refractivity contribution in [2.24, 2.45) is 10.2 Å². The van der Waals surface area contributed by atoms with Gasteiger partial charge in [0, 0.05) is 20.5 Å². The second-order valence-corrected chi connectivity index (χ2v) is 2.67. The molecule has 1 amide bonds. The molecule has 0 aliphatic rings. The van der Waals surface area contributed by atoms with E-state index in [1.54, 1.807) is 31.3 Å². The Labute approximate surface area is 88.1 Å². The summed E-state index contributed by atoms with van der Waals surface area (Å²) in [5.41, 5.74) is 1.02. The number of carbonyl (C=O) groups is 1. The van der Waals surface area contributed by atoms with Gasteiger partial charge in [-0.3, -0.25) is 4.79 Å². The molecule has 0 unspecified atom stereocenters. The van der Waals surface area contributed by atoms with Gasteiger partial charge in [0.05, 0.1) is 11.3 Å². The van der Waals surface area contributed by atoms with Gasteiger partial charge in [0.2, 0.25) is 0 Å². The molecule has 0 spiro atoms. The topological polar surface area (TPSA) is 57.1 Å². The number of nitrogens with one attached hydrogen (secondary N) is 1. The van der Waals surface area contributed by atoms with Crippen LogP contribution in [0.4, 0.5) is 5.69 Å². The molecule has 0 aliphatic heterocycles. The van der Waals surface area contributed by atoms with E-state index in [0.717, 1.165) is 0 Å². The van der Waals surface area contributed by atoms with Gasteiger partial charge in [-0.25, -0.2) is 0 Å². The number of hydrogen-bond donors (Lipinski definition) is 1. The van der Waals surface area contributed by atoms with Crippen molar-refractivity contribution in [3.8, 4) is 0 Å². The van der Waals surface area contributed by atoms with Crippen molar-refractivity contribution in [3.63, 3.8) is 0 Å². The molecule has 1 N–H and O–H groups in total. The largest absolute Gasteiger partial charge is 0.355 e. The highest BCUT2D eigenvalue weighted by molar-refractivity contribution is 5.99. The maximum Gasteiger partial charge on any atom is 0.253 e. The Bertz CT molecular complexity index is 381. The highest BCUT2D eigenvalue weighted by Crippen LogP contribution is 2.20. The summed E-state index contributed by atoms with van der Waals surface area (Å²) in [5.74, 6) is -0.206. The molecule has 1 aromatic rings. The monoisotopic (exact) mass is 204 g/mol. The molecule has 15 heavy (non-hydrogen) atoms. The Balaban J connectivity index is 3.21. The Morgan fingerprint density at radius 1 is 1.33 bits per heavy atom. The van der Waals surface area contributed by atoms with Crippen LogP contribution in [-0.4, -0.2) is 26.4 Å². The van der Waals surface area contributed by atoms with Crippen LogP contribution < -0.4 is 10.4 Å². The van der Waals surface area contributed by atoms with Crippen molar-refractivity contribution in [2.75, 3.05) is 12.2 Å². The second-order valence-electron chi connectivity index (χ2n) is 2.67. The van der Waals surface area contributed by atoms with Gasteiger partial charge in [-0.05, 0) is 12.1 Å².